The number of ether oxygens (including phenoxy) is 1. The summed E-state index contributed by atoms with van der Waals surface area (Å²) < 4.78 is 6.08. The number of hydrogen-bond acceptors (Lipinski definition) is 3. The SMILES string of the molecule is CCC(N)Cc1cccnc1Oc1ccccc1C(C)C. The van der Waals surface area contributed by atoms with E-state index in [1.54, 1.807) is 6.20 Å². The molecule has 2 aromatic rings. The van der Waals surface area contributed by atoms with Gasteiger partial charge in [-0.1, -0.05) is 45.0 Å². The number of benzene rings is 1. The molecule has 1 aromatic heterocycles. The second-order valence-corrected chi connectivity index (χ2v) is 5.63. The second kappa shape index (κ2) is 7.23. The van der Waals surface area contributed by atoms with Gasteiger partial charge >= 0.3 is 0 Å². The van der Waals surface area contributed by atoms with Gasteiger partial charge in [0.15, 0.2) is 0 Å². The maximum atomic E-state index is 6.08. The van der Waals surface area contributed by atoms with Crippen molar-refractivity contribution in [1.82, 2.24) is 4.98 Å². The summed E-state index contributed by atoms with van der Waals surface area (Å²) >= 11 is 0. The molecular formula is C18H24N2O. The first-order chi connectivity index (χ1) is 10.1. The van der Waals surface area contributed by atoms with E-state index in [4.69, 9.17) is 10.5 Å². The molecule has 3 heteroatoms. The summed E-state index contributed by atoms with van der Waals surface area (Å²) in [6.07, 6.45) is 3.48. The van der Waals surface area contributed by atoms with E-state index in [2.05, 4.69) is 31.8 Å². The van der Waals surface area contributed by atoms with Gasteiger partial charge in [-0.15, -0.1) is 0 Å². The standard InChI is InChI=1S/C18H24N2O/c1-4-15(19)12-14-8-7-11-20-18(14)21-17-10-6-5-9-16(17)13(2)3/h5-11,13,15H,4,12,19H2,1-3H3. The number of para-hydroxylation sites is 1. The zero-order valence-corrected chi connectivity index (χ0v) is 13.0. The normalized spacial score (nSPS) is 12.4. The number of rotatable bonds is 6. The summed E-state index contributed by atoms with van der Waals surface area (Å²) in [5.74, 6) is 1.94. The Labute approximate surface area is 127 Å². The summed E-state index contributed by atoms with van der Waals surface area (Å²) in [5.41, 5.74) is 8.31. The van der Waals surface area contributed by atoms with E-state index in [0.717, 1.165) is 24.2 Å². The summed E-state index contributed by atoms with van der Waals surface area (Å²) in [4.78, 5) is 4.38. The van der Waals surface area contributed by atoms with Gasteiger partial charge in [0.25, 0.3) is 0 Å². The van der Waals surface area contributed by atoms with Gasteiger partial charge in [-0.25, -0.2) is 4.98 Å². The van der Waals surface area contributed by atoms with Gasteiger partial charge in [0.2, 0.25) is 5.88 Å². The molecule has 0 saturated carbocycles. The van der Waals surface area contributed by atoms with Gasteiger partial charge in [-0.05, 0) is 36.5 Å². The Morgan fingerprint density at radius 2 is 1.90 bits per heavy atom. The fourth-order valence-corrected chi connectivity index (χ4v) is 2.25. The van der Waals surface area contributed by atoms with Crippen LogP contribution >= 0.6 is 0 Å². The molecule has 0 spiro atoms. The first-order valence-electron chi connectivity index (χ1n) is 7.58. The molecule has 21 heavy (non-hydrogen) atoms. The van der Waals surface area contributed by atoms with Crippen LogP contribution in [0, 0.1) is 0 Å². The fourth-order valence-electron chi connectivity index (χ4n) is 2.25. The quantitative estimate of drug-likeness (QED) is 0.861. The Balaban J connectivity index is 2.28. The van der Waals surface area contributed by atoms with Crippen molar-refractivity contribution in [3.05, 3.63) is 53.7 Å². The molecule has 0 saturated heterocycles. The molecule has 0 bridgehead atoms. The van der Waals surface area contributed by atoms with Crippen LogP contribution in [0.5, 0.6) is 11.6 Å². The molecule has 0 aliphatic rings. The summed E-state index contributed by atoms with van der Waals surface area (Å²) in [6.45, 7) is 6.42. The van der Waals surface area contributed by atoms with Crippen molar-refractivity contribution in [3.63, 3.8) is 0 Å². The Bertz CT molecular complexity index is 581. The molecule has 2 rings (SSSR count). The van der Waals surface area contributed by atoms with E-state index in [1.165, 1.54) is 5.56 Å². The van der Waals surface area contributed by atoms with Gasteiger partial charge in [-0.2, -0.15) is 0 Å². The molecule has 2 N–H and O–H groups in total. The van der Waals surface area contributed by atoms with Crippen molar-refractivity contribution in [2.75, 3.05) is 0 Å². The fraction of sp³-hybridized carbons (Fsp3) is 0.389. The molecular weight excluding hydrogens is 260 g/mol. The molecule has 1 unspecified atom stereocenters. The van der Waals surface area contributed by atoms with E-state index in [1.807, 2.05) is 30.3 Å². The highest BCUT2D eigenvalue weighted by Gasteiger charge is 2.12. The Morgan fingerprint density at radius 3 is 2.62 bits per heavy atom. The minimum Gasteiger partial charge on any atom is -0.438 e. The minimum atomic E-state index is 0.136. The maximum absolute atomic E-state index is 6.08. The Kier molecular flexibility index (Phi) is 5.34. The lowest BCUT2D eigenvalue weighted by atomic mass is 10.0. The monoisotopic (exact) mass is 284 g/mol. The van der Waals surface area contributed by atoms with Gasteiger partial charge in [0.1, 0.15) is 5.75 Å². The number of nitrogens with two attached hydrogens (primary N) is 1. The first-order valence-corrected chi connectivity index (χ1v) is 7.58. The highest BCUT2D eigenvalue weighted by Crippen LogP contribution is 2.31. The predicted octanol–water partition coefficient (Wildman–Crippen LogP) is 4.28. The Morgan fingerprint density at radius 1 is 1.14 bits per heavy atom. The van der Waals surface area contributed by atoms with Crippen molar-refractivity contribution in [2.24, 2.45) is 5.73 Å². The predicted molar refractivity (Wildman–Crippen MR) is 86.8 cm³/mol. The van der Waals surface area contributed by atoms with Gasteiger partial charge in [0.05, 0.1) is 0 Å². The van der Waals surface area contributed by atoms with Crippen molar-refractivity contribution in [2.45, 2.75) is 45.6 Å². The lowest BCUT2D eigenvalue weighted by Gasteiger charge is -2.16. The zero-order valence-electron chi connectivity index (χ0n) is 13.0. The van der Waals surface area contributed by atoms with Crippen LogP contribution in [0.3, 0.4) is 0 Å². The zero-order chi connectivity index (χ0) is 15.2. The van der Waals surface area contributed by atoms with Crippen LogP contribution in [0.2, 0.25) is 0 Å². The second-order valence-electron chi connectivity index (χ2n) is 5.63. The average Bonchev–Trinajstić information content (AvgIpc) is 2.49. The molecule has 1 heterocycles. The molecule has 0 amide bonds. The van der Waals surface area contributed by atoms with Gasteiger partial charge in [-0.3, -0.25) is 0 Å². The lowest BCUT2D eigenvalue weighted by Crippen LogP contribution is -2.21. The maximum Gasteiger partial charge on any atom is 0.222 e. The third kappa shape index (κ3) is 4.05. The largest absolute Gasteiger partial charge is 0.438 e. The van der Waals surface area contributed by atoms with E-state index >= 15 is 0 Å². The third-order valence-electron chi connectivity index (χ3n) is 3.60. The molecule has 0 fully saturated rings. The van der Waals surface area contributed by atoms with Gasteiger partial charge < -0.3 is 10.5 Å². The first kappa shape index (κ1) is 15.5. The van der Waals surface area contributed by atoms with Crippen LogP contribution < -0.4 is 10.5 Å². The molecule has 1 aromatic carbocycles. The minimum absolute atomic E-state index is 0.136. The highest BCUT2D eigenvalue weighted by molar-refractivity contribution is 5.39. The topological polar surface area (TPSA) is 48.1 Å². The smallest absolute Gasteiger partial charge is 0.222 e. The molecule has 112 valence electrons. The van der Waals surface area contributed by atoms with Crippen molar-refractivity contribution in [1.29, 1.82) is 0 Å². The van der Waals surface area contributed by atoms with Crippen molar-refractivity contribution in [3.8, 4) is 11.6 Å². The average molecular weight is 284 g/mol. The lowest BCUT2D eigenvalue weighted by molar-refractivity contribution is 0.444. The van der Waals surface area contributed by atoms with Crippen LogP contribution in [0.4, 0.5) is 0 Å². The number of hydrogen-bond donors (Lipinski definition) is 1. The summed E-state index contributed by atoms with van der Waals surface area (Å²) in [5, 5.41) is 0. The Hall–Kier alpha value is -1.87. The van der Waals surface area contributed by atoms with E-state index in [9.17, 15) is 0 Å². The molecule has 0 aliphatic carbocycles. The number of aromatic nitrogens is 1. The van der Waals surface area contributed by atoms with E-state index in [-0.39, 0.29) is 6.04 Å². The van der Waals surface area contributed by atoms with E-state index in [0.29, 0.717) is 11.8 Å². The number of nitrogens with zero attached hydrogens (tertiary/aromatic N) is 1. The van der Waals surface area contributed by atoms with Crippen LogP contribution in [0.15, 0.2) is 42.6 Å². The third-order valence-corrected chi connectivity index (χ3v) is 3.60. The van der Waals surface area contributed by atoms with Crippen molar-refractivity contribution < 1.29 is 4.74 Å². The number of pyridine rings is 1. The molecule has 0 radical (unpaired) electrons. The highest BCUT2D eigenvalue weighted by atomic mass is 16.5. The van der Waals surface area contributed by atoms with Crippen LogP contribution in [-0.2, 0) is 6.42 Å². The molecule has 1 atom stereocenters. The van der Waals surface area contributed by atoms with Crippen LogP contribution in [-0.4, -0.2) is 11.0 Å². The molecule has 3 nitrogen and oxygen atoms in total. The molecule has 0 aliphatic heterocycles. The van der Waals surface area contributed by atoms with Crippen LogP contribution in [0.25, 0.3) is 0 Å². The van der Waals surface area contributed by atoms with Gasteiger partial charge in [0, 0.05) is 17.8 Å². The van der Waals surface area contributed by atoms with E-state index < -0.39 is 0 Å². The summed E-state index contributed by atoms with van der Waals surface area (Å²) in [6, 6.07) is 12.2. The summed E-state index contributed by atoms with van der Waals surface area (Å²) in [7, 11) is 0. The van der Waals surface area contributed by atoms with Crippen molar-refractivity contribution >= 4 is 0 Å². The van der Waals surface area contributed by atoms with Crippen LogP contribution in [0.1, 0.15) is 44.2 Å².